The van der Waals surface area contributed by atoms with Crippen LogP contribution < -0.4 is 10.1 Å². The van der Waals surface area contributed by atoms with Gasteiger partial charge >= 0.3 is 0 Å². The van der Waals surface area contributed by atoms with Crippen molar-refractivity contribution < 1.29 is 14.2 Å². The van der Waals surface area contributed by atoms with Crippen molar-refractivity contribution in [3.8, 4) is 11.5 Å². The number of rotatable bonds is 6. The molecule has 4 aromatic rings. The third-order valence-electron chi connectivity index (χ3n) is 6.20. The molecule has 8 heteroatoms. The topological polar surface area (TPSA) is 90.8 Å². The third kappa shape index (κ3) is 4.52. The molecule has 2 atom stereocenters. The lowest BCUT2D eigenvalue weighted by molar-refractivity contribution is 0.136. The van der Waals surface area contributed by atoms with Gasteiger partial charge in [-0.1, -0.05) is 6.07 Å². The van der Waals surface area contributed by atoms with E-state index < -0.39 is 0 Å². The summed E-state index contributed by atoms with van der Waals surface area (Å²) in [6, 6.07) is 16.1. The summed E-state index contributed by atoms with van der Waals surface area (Å²) < 4.78 is 17.4. The number of aryl methyl sites for hydroxylation is 2. The molecule has 0 amide bonds. The highest BCUT2D eigenvalue weighted by Crippen LogP contribution is 2.30. The molecule has 2 unspecified atom stereocenters. The van der Waals surface area contributed by atoms with Crippen LogP contribution in [0.25, 0.3) is 10.9 Å². The molecular weight excluding hydrogens is 442 g/mol. The maximum atomic E-state index is 6.00. The standard InChI is InChI=1S/C27H25N5O3/c1-16-9-19(5-8-24(16)34-20-6-3-17(2)28-12-20)31-27-21-10-18(4-7-22(21)29-15-30-27)11-26-32-23-13-33-14-25(23)35-26/h3-10,12,15,23,25H,11,13-14H2,1-2H3,(H,29,30,31). The molecule has 8 nitrogen and oxygen atoms in total. The Morgan fingerprint density at radius 1 is 1.00 bits per heavy atom. The number of fused-ring (bicyclic) bond motifs is 2. The second-order valence-electron chi connectivity index (χ2n) is 8.88. The second-order valence-corrected chi connectivity index (χ2v) is 8.88. The van der Waals surface area contributed by atoms with E-state index in [9.17, 15) is 0 Å². The monoisotopic (exact) mass is 467 g/mol. The van der Waals surface area contributed by atoms with E-state index in [0.29, 0.717) is 25.4 Å². The van der Waals surface area contributed by atoms with E-state index in [4.69, 9.17) is 14.2 Å². The number of hydrogen-bond donors (Lipinski definition) is 1. The molecule has 35 heavy (non-hydrogen) atoms. The molecular formula is C27H25N5O3. The quantitative estimate of drug-likeness (QED) is 0.431. The minimum atomic E-state index is 0.0588. The summed E-state index contributed by atoms with van der Waals surface area (Å²) in [5.41, 5.74) is 4.84. The molecule has 1 fully saturated rings. The Morgan fingerprint density at radius 3 is 2.77 bits per heavy atom. The second kappa shape index (κ2) is 8.96. The first kappa shape index (κ1) is 21.5. The van der Waals surface area contributed by atoms with Crippen LogP contribution in [0.5, 0.6) is 11.5 Å². The Hall–Kier alpha value is -4.04. The van der Waals surface area contributed by atoms with Crippen molar-refractivity contribution in [2.45, 2.75) is 32.4 Å². The van der Waals surface area contributed by atoms with Gasteiger partial charge in [-0.25, -0.2) is 15.0 Å². The number of ether oxygens (including phenoxy) is 3. The highest BCUT2D eigenvalue weighted by Gasteiger charge is 2.35. The number of aliphatic imine (C=N–C) groups is 1. The van der Waals surface area contributed by atoms with Crippen LogP contribution in [0.3, 0.4) is 0 Å². The van der Waals surface area contributed by atoms with Gasteiger partial charge in [-0.15, -0.1) is 0 Å². The maximum Gasteiger partial charge on any atom is 0.188 e. The molecule has 176 valence electrons. The van der Waals surface area contributed by atoms with Crippen LogP contribution in [0.15, 0.2) is 66.0 Å². The SMILES string of the molecule is Cc1ccc(Oc2ccc(Nc3ncnc4ccc(CC5=NC6COCC6O5)cc34)cc2C)cn1. The Balaban J connectivity index is 1.22. The summed E-state index contributed by atoms with van der Waals surface area (Å²) in [7, 11) is 0. The van der Waals surface area contributed by atoms with Crippen molar-refractivity contribution in [1.29, 1.82) is 0 Å². The number of benzene rings is 2. The molecule has 0 radical (unpaired) electrons. The third-order valence-corrected chi connectivity index (χ3v) is 6.20. The van der Waals surface area contributed by atoms with Gasteiger partial charge in [0, 0.05) is 23.2 Å². The largest absolute Gasteiger partial charge is 0.473 e. The van der Waals surface area contributed by atoms with E-state index in [1.54, 1.807) is 12.5 Å². The molecule has 1 N–H and O–H groups in total. The normalized spacial score (nSPS) is 18.7. The number of anilines is 2. The fraction of sp³-hybridized carbons (Fsp3) is 0.259. The molecule has 2 aliphatic heterocycles. The zero-order valence-electron chi connectivity index (χ0n) is 19.6. The van der Waals surface area contributed by atoms with Crippen molar-refractivity contribution in [3.05, 3.63) is 77.9 Å². The van der Waals surface area contributed by atoms with Gasteiger partial charge in [-0.05, 0) is 67.4 Å². The number of aromatic nitrogens is 3. The van der Waals surface area contributed by atoms with Gasteiger partial charge in [0.05, 0.1) is 24.9 Å². The zero-order chi connectivity index (χ0) is 23.8. The smallest absolute Gasteiger partial charge is 0.188 e. The predicted octanol–water partition coefficient (Wildman–Crippen LogP) is 4.92. The van der Waals surface area contributed by atoms with Crippen LogP contribution in [-0.4, -0.2) is 46.2 Å². The van der Waals surface area contributed by atoms with E-state index >= 15 is 0 Å². The summed E-state index contributed by atoms with van der Waals surface area (Å²) in [6.07, 6.45) is 4.00. The van der Waals surface area contributed by atoms with E-state index in [-0.39, 0.29) is 12.1 Å². The van der Waals surface area contributed by atoms with E-state index in [2.05, 4.69) is 37.4 Å². The number of nitrogens with zero attached hydrogens (tertiary/aromatic N) is 4. The molecule has 1 saturated heterocycles. The van der Waals surface area contributed by atoms with Crippen molar-refractivity contribution in [2.75, 3.05) is 18.5 Å². The van der Waals surface area contributed by atoms with Gasteiger partial charge < -0.3 is 19.5 Å². The van der Waals surface area contributed by atoms with E-state index in [1.165, 1.54) is 0 Å². The number of pyridine rings is 1. The first-order chi connectivity index (χ1) is 17.1. The first-order valence-corrected chi connectivity index (χ1v) is 11.6. The van der Waals surface area contributed by atoms with Gasteiger partial charge in [0.1, 0.15) is 35.8 Å². The molecule has 2 aliphatic rings. The number of nitrogens with one attached hydrogen (secondary N) is 1. The number of hydrogen-bond acceptors (Lipinski definition) is 8. The Labute approximate surface area is 203 Å². The van der Waals surface area contributed by atoms with Crippen LogP contribution in [-0.2, 0) is 15.9 Å². The lowest BCUT2D eigenvalue weighted by Crippen LogP contribution is -2.19. The van der Waals surface area contributed by atoms with Crippen molar-refractivity contribution >= 4 is 28.3 Å². The summed E-state index contributed by atoms with van der Waals surface area (Å²) in [4.78, 5) is 17.9. The average molecular weight is 468 g/mol. The molecule has 4 heterocycles. The van der Waals surface area contributed by atoms with Gasteiger partial charge in [0.15, 0.2) is 5.90 Å². The first-order valence-electron chi connectivity index (χ1n) is 11.6. The lowest BCUT2D eigenvalue weighted by atomic mass is 10.1. The average Bonchev–Trinajstić information content (AvgIpc) is 3.44. The van der Waals surface area contributed by atoms with E-state index in [1.807, 2.05) is 50.2 Å². The van der Waals surface area contributed by atoms with Gasteiger partial charge in [-0.3, -0.25) is 4.98 Å². The molecule has 6 rings (SSSR count). The fourth-order valence-corrected chi connectivity index (χ4v) is 4.34. The molecule has 0 spiro atoms. The van der Waals surface area contributed by atoms with Crippen LogP contribution in [0, 0.1) is 13.8 Å². The molecule has 0 bridgehead atoms. The fourth-order valence-electron chi connectivity index (χ4n) is 4.34. The van der Waals surface area contributed by atoms with Gasteiger partial charge in [-0.2, -0.15) is 0 Å². The highest BCUT2D eigenvalue weighted by molar-refractivity contribution is 5.92. The van der Waals surface area contributed by atoms with Crippen molar-refractivity contribution in [3.63, 3.8) is 0 Å². The molecule has 0 aliphatic carbocycles. The molecule has 2 aromatic heterocycles. The Kier molecular flexibility index (Phi) is 5.50. The van der Waals surface area contributed by atoms with Crippen LogP contribution in [0.2, 0.25) is 0 Å². The lowest BCUT2D eigenvalue weighted by Gasteiger charge is -2.13. The van der Waals surface area contributed by atoms with Crippen LogP contribution in [0.4, 0.5) is 11.5 Å². The molecule has 0 saturated carbocycles. The van der Waals surface area contributed by atoms with E-state index in [0.717, 1.165) is 50.9 Å². The maximum absolute atomic E-state index is 6.00. The van der Waals surface area contributed by atoms with Gasteiger partial charge in [0.25, 0.3) is 0 Å². The zero-order valence-corrected chi connectivity index (χ0v) is 19.6. The Bertz CT molecular complexity index is 1420. The summed E-state index contributed by atoms with van der Waals surface area (Å²) in [5.74, 6) is 3.00. The molecule has 2 aromatic carbocycles. The van der Waals surface area contributed by atoms with Crippen molar-refractivity contribution in [1.82, 2.24) is 15.0 Å². The summed E-state index contributed by atoms with van der Waals surface area (Å²) in [6.45, 7) is 5.22. The Morgan fingerprint density at radius 2 is 1.94 bits per heavy atom. The minimum Gasteiger partial charge on any atom is -0.473 e. The summed E-state index contributed by atoms with van der Waals surface area (Å²) in [5, 5.41) is 4.38. The van der Waals surface area contributed by atoms with Crippen LogP contribution in [0.1, 0.15) is 16.8 Å². The van der Waals surface area contributed by atoms with Crippen LogP contribution >= 0.6 is 0 Å². The highest BCUT2D eigenvalue weighted by atomic mass is 16.6. The summed E-state index contributed by atoms with van der Waals surface area (Å²) >= 11 is 0. The van der Waals surface area contributed by atoms with Crippen molar-refractivity contribution in [2.24, 2.45) is 4.99 Å². The predicted molar refractivity (Wildman–Crippen MR) is 134 cm³/mol. The van der Waals surface area contributed by atoms with Gasteiger partial charge in [0.2, 0.25) is 0 Å². The minimum absolute atomic E-state index is 0.0588.